The second-order valence-electron chi connectivity index (χ2n) is 6.55. The molecule has 1 N–H and O–H groups in total. The average Bonchev–Trinajstić information content (AvgIpc) is 2.77. The van der Waals surface area contributed by atoms with E-state index in [9.17, 15) is 4.79 Å². The molecule has 8 heteroatoms. The minimum Gasteiger partial charge on any atom is -0.497 e. The number of carbonyl (C=O) groups is 1. The molecule has 1 aliphatic heterocycles. The summed E-state index contributed by atoms with van der Waals surface area (Å²) in [5.74, 6) is 1.34. The normalized spacial score (nSPS) is 14.1. The SMILES string of the molecule is COCCCNc1ncc(C(=O)N2CCN(c3ccc(OC)cc3)CC2)cn1. The van der Waals surface area contributed by atoms with Crippen molar-refractivity contribution in [2.45, 2.75) is 6.42 Å². The molecule has 1 fully saturated rings. The van der Waals surface area contributed by atoms with Crippen molar-refractivity contribution in [3.8, 4) is 5.75 Å². The van der Waals surface area contributed by atoms with Gasteiger partial charge in [0.25, 0.3) is 5.91 Å². The van der Waals surface area contributed by atoms with Gasteiger partial charge in [-0.2, -0.15) is 0 Å². The van der Waals surface area contributed by atoms with E-state index in [4.69, 9.17) is 9.47 Å². The lowest BCUT2D eigenvalue weighted by Crippen LogP contribution is -2.48. The molecule has 0 bridgehead atoms. The van der Waals surface area contributed by atoms with Crippen molar-refractivity contribution in [1.29, 1.82) is 0 Å². The molecule has 8 nitrogen and oxygen atoms in total. The molecule has 0 unspecified atom stereocenters. The van der Waals surface area contributed by atoms with Crippen LogP contribution in [0, 0.1) is 0 Å². The van der Waals surface area contributed by atoms with Crippen molar-refractivity contribution >= 4 is 17.5 Å². The summed E-state index contributed by atoms with van der Waals surface area (Å²) in [6.45, 7) is 4.33. The van der Waals surface area contributed by atoms with Crippen LogP contribution in [0.15, 0.2) is 36.7 Å². The minimum atomic E-state index is -0.0275. The molecule has 1 aromatic carbocycles. The Labute approximate surface area is 165 Å². The number of piperazine rings is 1. The molecule has 0 saturated carbocycles. The largest absolute Gasteiger partial charge is 0.497 e. The van der Waals surface area contributed by atoms with E-state index in [1.54, 1.807) is 26.6 Å². The topological polar surface area (TPSA) is 79.8 Å². The Balaban J connectivity index is 1.50. The van der Waals surface area contributed by atoms with Gasteiger partial charge in [0, 0.05) is 64.5 Å². The number of anilines is 2. The maximum Gasteiger partial charge on any atom is 0.257 e. The fraction of sp³-hybridized carbons (Fsp3) is 0.450. The second kappa shape index (κ2) is 9.89. The highest BCUT2D eigenvalue weighted by Crippen LogP contribution is 2.21. The van der Waals surface area contributed by atoms with Gasteiger partial charge in [-0.3, -0.25) is 4.79 Å². The summed E-state index contributed by atoms with van der Waals surface area (Å²) in [5.41, 5.74) is 1.65. The van der Waals surface area contributed by atoms with Gasteiger partial charge in [0.15, 0.2) is 0 Å². The van der Waals surface area contributed by atoms with Crippen molar-refractivity contribution in [3.63, 3.8) is 0 Å². The van der Waals surface area contributed by atoms with Crippen LogP contribution in [0.3, 0.4) is 0 Å². The number of aromatic nitrogens is 2. The maximum atomic E-state index is 12.7. The molecular formula is C20H27N5O3. The van der Waals surface area contributed by atoms with Crippen LogP contribution < -0.4 is 15.0 Å². The van der Waals surface area contributed by atoms with Gasteiger partial charge < -0.3 is 24.6 Å². The third-order valence-electron chi connectivity index (χ3n) is 4.71. The molecular weight excluding hydrogens is 358 g/mol. The van der Waals surface area contributed by atoms with Crippen molar-refractivity contribution in [2.75, 3.05) is 63.8 Å². The van der Waals surface area contributed by atoms with Crippen LogP contribution in [0.1, 0.15) is 16.8 Å². The Morgan fingerprint density at radius 1 is 1.07 bits per heavy atom. The number of nitrogens with one attached hydrogen (secondary N) is 1. The summed E-state index contributed by atoms with van der Waals surface area (Å²) >= 11 is 0. The molecule has 1 amide bonds. The van der Waals surface area contributed by atoms with Gasteiger partial charge in [-0.1, -0.05) is 0 Å². The molecule has 0 spiro atoms. The van der Waals surface area contributed by atoms with Crippen LogP contribution in [0.4, 0.5) is 11.6 Å². The number of rotatable bonds is 8. The number of methoxy groups -OCH3 is 2. The predicted octanol–water partition coefficient (Wildman–Crippen LogP) is 1.90. The van der Waals surface area contributed by atoms with Crippen molar-refractivity contribution in [2.24, 2.45) is 0 Å². The summed E-state index contributed by atoms with van der Waals surface area (Å²) in [6.07, 6.45) is 4.05. The Morgan fingerprint density at radius 3 is 2.36 bits per heavy atom. The third kappa shape index (κ3) is 5.10. The molecule has 1 saturated heterocycles. The molecule has 3 rings (SSSR count). The summed E-state index contributed by atoms with van der Waals surface area (Å²) in [7, 11) is 3.33. The van der Waals surface area contributed by atoms with Crippen molar-refractivity contribution in [3.05, 3.63) is 42.2 Å². The molecule has 1 aromatic heterocycles. The summed E-state index contributed by atoms with van der Waals surface area (Å²) in [5, 5.41) is 3.11. The van der Waals surface area contributed by atoms with Gasteiger partial charge in [-0.05, 0) is 30.7 Å². The lowest BCUT2D eigenvalue weighted by atomic mass is 10.2. The van der Waals surface area contributed by atoms with Gasteiger partial charge >= 0.3 is 0 Å². The van der Waals surface area contributed by atoms with Gasteiger partial charge in [0.1, 0.15) is 5.75 Å². The van der Waals surface area contributed by atoms with E-state index in [2.05, 4.69) is 20.2 Å². The van der Waals surface area contributed by atoms with Crippen LogP contribution in [0.5, 0.6) is 5.75 Å². The molecule has 2 heterocycles. The molecule has 28 heavy (non-hydrogen) atoms. The molecule has 0 radical (unpaired) electrons. The highest BCUT2D eigenvalue weighted by Gasteiger charge is 2.22. The van der Waals surface area contributed by atoms with Gasteiger partial charge in [-0.15, -0.1) is 0 Å². The number of amides is 1. The van der Waals surface area contributed by atoms with E-state index in [0.717, 1.165) is 37.5 Å². The summed E-state index contributed by atoms with van der Waals surface area (Å²) in [4.78, 5) is 25.3. The second-order valence-corrected chi connectivity index (χ2v) is 6.55. The summed E-state index contributed by atoms with van der Waals surface area (Å²) < 4.78 is 10.2. The minimum absolute atomic E-state index is 0.0275. The molecule has 2 aromatic rings. The van der Waals surface area contributed by atoms with E-state index in [-0.39, 0.29) is 5.91 Å². The van der Waals surface area contributed by atoms with Gasteiger partial charge in [0.2, 0.25) is 5.95 Å². The predicted molar refractivity (Wildman–Crippen MR) is 108 cm³/mol. The number of benzene rings is 1. The van der Waals surface area contributed by atoms with Gasteiger partial charge in [0.05, 0.1) is 12.7 Å². The quantitative estimate of drug-likeness (QED) is 0.695. The monoisotopic (exact) mass is 385 g/mol. The van der Waals surface area contributed by atoms with E-state index in [0.29, 0.717) is 31.2 Å². The Hall–Kier alpha value is -2.87. The van der Waals surface area contributed by atoms with Crippen LogP contribution >= 0.6 is 0 Å². The molecule has 0 atom stereocenters. The first-order chi connectivity index (χ1) is 13.7. The first kappa shape index (κ1) is 19.9. The lowest BCUT2D eigenvalue weighted by Gasteiger charge is -2.36. The van der Waals surface area contributed by atoms with E-state index < -0.39 is 0 Å². The lowest BCUT2D eigenvalue weighted by molar-refractivity contribution is 0.0746. The average molecular weight is 385 g/mol. The Bertz CT molecular complexity index is 743. The number of carbonyl (C=O) groups excluding carboxylic acids is 1. The zero-order valence-electron chi connectivity index (χ0n) is 16.4. The van der Waals surface area contributed by atoms with Crippen LogP contribution in [-0.2, 0) is 4.74 Å². The molecule has 1 aliphatic rings. The highest BCUT2D eigenvalue weighted by atomic mass is 16.5. The maximum absolute atomic E-state index is 12.7. The number of nitrogens with zero attached hydrogens (tertiary/aromatic N) is 4. The Morgan fingerprint density at radius 2 is 1.75 bits per heavy atom. The Kier molecular flexibility index (Phi) is 7.02. The highest BCUT2D eigenvalue weighted by molar-refractivity contribution is 5.93. The third-order valence-corrected chi connectivity index (χ3v) is 4.71. The first-order valence-corrected chi connectivity index (χ1v) is 9.44. The van der Waals surface area contributed by atoms with Crippen molar-refractivity contribution < 1.29 is 14.3 Å². The zero-order valence-corrected chi connectivity index (χ0v) is 16.4. The van der Waals surface area contributed by atoms with Crippen LogP contribution in [0.2, 0.25) is 0 Å². The number of hydrogen-bond acceptors (Lipinski definition) is 7. The fourth-order valence-corrected chi connectivity index (χ4v) is 3.09. The van der Waals surface area contributed by atoms with E-state index >= 15 is 0 Å². The zero-order chi connectivity index (χ0) is 19.8. The standard InChI is InChI=1S/C20H27N5O3/c1-27-13-3-8-21-20-22-14-16(15-23-20)19(26)25-11-9-24(10-12-25)17-4-6-18(28-2)7-5-17/h4-7,14-15H,3,8-13H2,1-2H3,(H,21,22,23). The van der Waals surface area contributed by atoms with Crippen LogP contribution in [-0.4, -0.2) is 74.3 Å². The van der Waals surface area contributed by atoms with Crippen molar-refractivity contribution in [1.82, 2.24) is 14.9 Å². The smallest absolute Gasteiger partial charge is 0.257 e. The first-order valence-electron chi connectivity index (χ1n) is 9.44. The molecule has 0 aliphatic carbocycles. The summed E-state index contributed by atoms with van der Waals surface area (Å²) in [6, 6.07) is 8.00. The van der Waals surface area contributed by atoms with Crippen LogP contribution in [0.25, 0.3) is 0 Å². The number of ether oxygens (including phenoxy) is 2. The van der Waals surface area contributed by atoms with Gasteiger partial charge in [-0.25, -0.2) is 9.97 Å². The fourth-order valence-electron chi connectivity index (χ4n) is 3.09. The van der Waals surface area contributed by atoms with E-state index in [1.165, 1.54) is 0 Å². The van der Waals surface area contributed by atoms with E-state index in [1.807, 2.05) is 29.2 Å². The molecule has 150 valence electrons. The number of hydrogen-bond donors (Lipinski definition) is 1.